The van der Waals surface area contributed by atoms with Gasteiger partial charge in [-0.25, -0.2) is 9.48 Å². The third-order valence-corrected chi connectivity index (χ3v) is 3.69. The molecule has 1 aromatic heterocycles. The van der Waals surface area contributed by atoms with E-state index in [-0.39, 0.29) is 5.69 Å². The van der Waals surface area contributed by atoms with Crippen molar-refractivity contribution in [2.45, 2.75) is 0 Å². The van der Waals surface area contributed by atoms with Gasteiger partial charge < -0.3 is 5.11 Å². The molecule has 0 spiro atoms. The van der Waals surface area contributed by atoms with E-state index in [1.165, 1.54) is 10.7 Å². The minimum atomic E-state index is -1.05. The van der Waals surface area contributed by atoms with E-state index in [0.29, 0.717) is 0 Å². The summed E-state index contributed by atoms with van der Waals surface area (Å²) >= 11 is 10.2. The highest BCUT2D eigenvalue weighted by Crippen LogP contribution is 2.32. The van der Waals surface area contributed by atoms with Gasteiger partial charge in [-0.15, -0.1) is 0 Å². The maximum Gasteiger partial charge on any atom is 0.356 e. The lowest BCUT2D eigenvalue weighted by Crippen LogP contribution is -2.02. The number of aromatic carboxylic acids is 1. The van der Waals surface area contributed by atoms with Crippen molar-refractivity contribution in [1.29, 1.82) is 0 Å². The Morgan fingerprint density at radius 1 is 1.24 bits per heavy atom. The van der Waals surface area contributed by atoms with Crippen LogP contribution in [-0.2, 0) is 0 Å². The van der Waals surface area contributed by atoms with E-state index in [9.17, 15) is 4.79 Å². The number of nitrogens with zero attached hydrogens (tertiary/aromatic N) is 2. The van der Waals surface area contributed by atoms with Crippen molar-refractivity contribution in [2.24, 2.45) is 0 Å². The van der Waals surface area contributed by atoms with E-state index in [2.05, 4.69) is 52.9 Å². The molecule has 88 valence electrons. The number of halogens is 3. The van der Waals surface area contributed by atoms with E-state index in [0.717, 1.165) is 19.1 Å². The van der Waals surface area contributed by atoms with E-state index in [1.54, 1.807) is 6.20 Å². The first-order valence-corrected chi connectivity index (χ1v) is 6.81. The fourth-order valence-corrected chi connectivity index (χ4v) is 3.94. The van der Waals surface area contributed by atoms with Gasteiger partial charge in [-0.2, -0.15) is 5.10 Å². The maximum atomic E-state index is 10.8. The number of rotatable bonds is 2. The van der Waals surface area contributed by atoms with Gasteiger partial charge in [0.05, 0.1) is 5.69 Å². The minimum Gasteiger partial charge on any atom is -0.476 e. The lowest BCUT2D eigenvalue weighted by atomic mass is 10.3. The molecule has 0 amide bonds. The zero-order valence-electron chi connectivity index (χ0n) is 8.19. The van der Waals surface area contributed by atoms with Crippen molar-refractivity contribution < 1.29 is 9.90 Å². The molecule has 17 heavy (non-hydrogen) atoms. The van der Waals surface area contributed by atoms with Crippen LogP contribution in [0.4, 0.5) is 0 Å². The Labute approximate surface area is 122 Å². The molecule has 0 saturated heterocycles. The second kappa shape index (κ2) is 4.91. The molecule has 1 aromatic carbocycles. The quantitative estimate of drug-likeness (QED) is 0.796. The largest absolute Gasteiger partial charge is 0.476 e. The van der Waals surface area contributed by atoms with Gasteiger partial charge in [-0.05, 0) is 50.1 Å². The van der Waals surface area contributed by atoms with Gasteiger partial charge >= 0.3 is 5.97 Å². The molecule has 2 rings (SSSR count). The standard InChI is InChI=1S/C10H5Br3N2O2/c11-5-3-6(12)9(7(13)4-5)15-2-1-8(14-15)10(16)17/h1-4H,(H,16,17). The molecular formula is C10H5Br3N2O2. The molecule has 2 aromatic rings. The molecule has 1 heterocycles. The van der Waals surface area contributed by atoms with Crippen LogP contribution in [0.1, 0.15) is 10.5 Å². The number of carboxylic acids is 1. The second-order valence-electron chi connectivity index (χ2n) is 3.17. The van der Waals surface area contributed by atoms with Crippen molar-refractivity contribution in [1.82, 2.24) is 9.78 Å². The van der Waals surface area contributed by atoms with Crippen LogP contribution in [-0.4, -0.2) is 20.9 Å². The number of carboxylic acid groups (broad SMARTS) is 1. The molecule has 0 bridgehead atoms. The van der Waals surface area contributed by atoms with E-state index >= 15 is 0 Å². The zero-order valence-corrected chi connectivity index (χ0v) is 13.0. The predicted octanol–water partition coefficient (Wildman–Crippen LogP) is 3.86. The highest BCUT2D eigenvalue weighted by Gasteiger charge is 2.13. The van der Waals surface area contributed by atoms with Crippen LogP contribution >= 0.6 is 47.8 Å². The fraction of sp³-hybridized carbons (Fsp3) is 0. The summed E-state index contributed by atoms with van der Waals surface area (Å²) in [4.78, 5) is 10.8. The van der Waals surface area contributed by atoms with Crippen molar-refractivity contribution in [3.05, 3.63) is 43.5 Å². The van der Waals surface area contributed by atoms with Gasteiger partial charge in [0.1, 0.15) is 0 Å². The van der Waals surface area contributed by atoms with Gasteiger partial charge in [-0.3, -0.25) is 0 Å². The first-order chi connectivity index (χ1) is 7.99. The lowest BCUT2D eigenvalue weighted by molar-refractivity contribution is 0.0690. The minimum absolute atomic E-state index is 0.00622. The summed E-state index contributed by atoms with van der Waals surface area (Å²) in [5.74, 6) is -1.05. The third kappa shape index (κ3) is 2.61. The topological polar surface area (TPSA) is 55.1 Å². The van der Waals surface area contributed by atoms with Crippen molar-refractivity contribution in [3.8, 4) is 5.69 Å². The molecule has 1 N–H and O–H groups in total. The van der Waals surface area contributed by atoms with Gasteiger partial charge in [0.2, 0.25) is 0 Å². The molecular weight excluding hydrogens is 420 g/mol. The Kier molecular flexibility index (Phi) is 3.70. The van der Waals surface area contributed by atoms with Crippen LogP contribution in [0.3, 0.4) is 0 Å². The Bertz CT molecular complexity index is 572. The van der Waals surface area contributed by atoms with Crippen molar-refractivity contribution >= 4 is 53.8 Å². The summed E-state index contributed by atoms with van der Waals surface area (Å²) in [5, 5.41) is 12.8. The Morgan fingerprint density at radius 2 is 1.82 bits per heavy atom. The van der Waals surface area contributed by atoms with Gasteiger partial charge in [-0.1, -0.05) is 15.9 Å². The van der Waals surface area contributed by atoms with Crippen molar-refractivity contribution in [2.75, 3.05) is 0 Å². The maximum absolute atomic E-state index is 10.8. The van der Waals surface area contributed by atoms with Gasteiger partial charge in [0, 0.05) is 19.6 Å². The first-order valence-electron chi connectivity index (χ1n) is 4.43. The Balaban J connectivity index is 2.56. The first kappa shape index (κ1) is 12.8. The van der Waals surface area contributed by atoms with Crippen LogP contribution in [0.2, 0.25) is 0 Å². The number of hydrogen-bond donors (Lipinski definition) is 1. The molecule has 0 aliphatic carbocycles. The van der Waals surface area contributed by atoms with Crippen LogP contribution in [0.5, 0.6) is 0 Å². The predicted molar refractivity (Wildman–Crippen MR) is 73.6 cm³/mol. The number of benzene rings is 1. The monoisotopic (exact) mass is 422 g/mol. The molecule has 0 fully saturated rings. The van der Waals surface area contributed by atoms with Crippen LogP contribution in [0, 0.1) is 0 Å². The summed E-state index contributed by atoms with van der Waals surface area (Å²) in [7, 11) is 0. The second-order valence-corrected chi connectivity index (χ2v) is 5.79. The fourth-order valence-electron chi connectivity index (χ4n) is 1.32. The molecule has 0 unspecified atom stereocenters. The van der Waals surface area contributed by atoms with Gasteiger partial charge in [0.15, 0.2) is 5.69 Å². The van der Waals surface area contributed by atoms with Crippen LogP contribution < -0.4 is 0 Å². The van der Waals surface area contributed by atoms with Gasteiger partial charge in [0.25, 0.3) is 0 Å². The molecule has 7 heteroatoms. The Hall–Kier alpha value is -0.660. The van der Waals surface area contributed by atoms with Crippen LogP contribution in [0.25, 0.3) is 5.69 Å². The lowest BCUT2D eigenvalue weighted by Gasteiger charge is -2.07. The van der Waals surface area contributed by atoms with E-state index in [4.69, 9.17) is 5.11 Å². The zero-order chi connectivity index (χ0) is 12.6. The smallest absolute Gasteiger partial charge is 0.356 e. The summed E-state index contributed by atoms with van der Waals surface area (Å²) < 4.78 is 4.02. The number of hydrogen-bond acceptors (Lipinski definition) is 2. The summed E-state index contributed by atoms with van der Waals surface area (Å²) in [6.45, 7) is 0. The molecule has 0 saturated carbocycles. The molecule has 0 radical (unpaired) electrons. The van der Waals surface area contributed by atoms with Crippen molar-refractivity contribution in [3.63, 3.8) is 0 Å². The molecule has 0 aliphatic heterocycles. The van der Waals surface area contributed by atoms with Crippen LogP contribution in [0.15, 0.2) is 37.8 Å². The summed E-state index contributed by atoms with van der Waals surface area (Å²) in [6.07, 6.45) is 1.60. The highest BCUT2D eigenvalue weighted by molar-refractivity contribution is 9.11. The van der Waals surface area contributed by atoms with E-state index in [1.807, 2.05) is 12.1 Å². The Morgan fingerprint density at radius 3 is 2.29 bits per heavy atom. The number of aromatic nitrogens is 2. The summed E-state index contributed by atoms with van der Waals surface area (Å²) in [6, 6.07) is 5.17. The third-order valence-electron chi connectivity index (χ3n) is 2.02. The SMILES string of the molecule is O=C(O)c1ccn(-c2c(Br)cc(Br)cc2Br)n1. The van der Waals surface area contributed by atoms with E-state index < -0.39 is 5.97 Å². The normalized spacial score (nSPS) is 10.5. The average Bonchev–Trinajstić information content (AvgIpc) is 2.65. The highest BCUT2D eigenvalue weighted by atomic mass is 79.9. The molecule has 0 atom stereocenters. The summed E-state index contributed by atoms with van der Waals surface area (Å²) in [5.41, 5.74) is 0.757. The molecule has 4 nitrogen and oxygen atoms in total. The molecule has 0 aliphatic rings. The average molecular weight is 425 g/mol. The number of carbonyl (C=O) groups is 1.